The summed E-state index contributed by atoms with van der Waals surface area (Å²) in [6.45, 7) is 5.49. The van der Waals surface area contributed by atoms with Crippen LogP contribution in [0.15, 0.2) is 53.7 Å². The molecule has 0 N–H and O–H groups in total. The molecule has 0 radical (unpaired) electrons. The predicted octanol–water partition coefficient (Wildman–Crippen LogP) is 4.71. The van der Waals surface area contributed by atoms with Gasteiger partial charge in [0, 0.05) is 0 Å². The zero-order valence-electron chi connectivity index (χ0n) is 12.3. The maximum absolute atomic E-state index is 11.9. The lowest BCUT2D eigenvalue weighted by atomic mass is 10.0. The van der Waals surface area contributed by atoms with Crippen LogP contribution in [0.3, 0.4) is 0 Å². The summed E-state index contributed by atoms with van der Waals surface area (Å²) in [6, 6.07) is 14.1. The number of esters is 1. The van der Waals surface area contributed by atoms with E-state index in [1.165, 1.54) is 0 Å². The van der Waals surface area contributed by atoms with Gasteiger partial charge in [-0.1, -0.05) is 24.3 Å². The van der Waals surface area contributed by atoms with E-state index in [1.807, 2.05) is 39.0 Å². The van der Waals surface area contributed by atoms with Crippen LogP contribution in [0.1, 0.15) is 31.1 Å². The second-order valence-corrected chi connectivity index (χ2v) is 5.72. The molecule has 0 saturated heterocycles. The van der Waals surface area contributed by atoms with E-state index in [9.17, 15) is 9.70 Å². The van der Waals surface area contributed by atoms with Crippen molar-refractivity contribution in [1.29, 1.82) is 0 Å². The van der Waals surface area contributed by atoms with Gasteiger partial charge < -0.3 is 4.74 Å². The van der Waals surface area contributed by atoms with Crippen LogP contribution in [0.5, 0.6) is 0 Å². The average Bonchev–Trinajstić information content (AvgIpc) is 2.46. The molecule has 4 heteroatoms. The molecule has 0 aliphatic rings. The first-order valence-electron chi connectivity index (χ1n) is 6.66. The van der Waals surface area contributed by atoms with Gasteiger partial charge in [0.2, 0.25) is 0 Å². The summed E-state index contributed by atoms with van der Waals surface area (Å²) in [7, 11) is 0. The minimum Gasteiger partial charge on any atom is -0.456 e. The first-order chi connectivity index (χ1) is 9.89. The smallest absolute Gasteiger partial charge is 0.338 e. The predicted molar refractivity (Wildman–Crippen MR) is 82.5 cm³/mol. The fraction of sp³-hybridized carbons (Fsp3) is 0.235. The van der Waals surface area contributed by atoms with Crippen molar-refractivity contribution >= 4 is 11.7 Å². The molecule has 0 saturated carbocycles. The Balaban J connectivity index is 2.22. The Kier molecular flexibility index (Phi) is 4.17. The van der Waals surface area contributed by atoms with E-state index >= 15 is 0 Å². The first kappa shape index (κ1) is 14.9. The highest BCUT2D eigenvalue weighted by molar-refractivity contribution is 5.90. The zero-order valence-corrected chi connectivity index (χ0v) is 12.3. The number of carbonyl (C=O) groups excluding carboxylic acids is 1. The third-order valence-electron chi connectivity index (χ3n) is 2.80. The van der Waals surface area contributed by atoms with Crippen molar-refractivity contribution in [2.24, 2.45) is 5.18 Å². The highest BCUT2D eigenvalue weighted by Crippen LogP contribution is 2.24. The lowest BCUT2D eigenvalue weighted by Gasteiger charge is -2.19. The standard InChI is InChI=1S/C17H17NO3/c1-17(2,3)21-16(19)13-9-7-12(8-10-13)14-5-4-6-15(11-14)18-20/h4-11H,1-3H3. The van der Waals surface area contributed by atoms with Crippen molar-refractivity contribution in [2.75, 3.05) is 0 Å². The molecule has 0 fully saturated rings. The van der Waals surface area contributed by atoms with Crippen molar-refractivity contribution in [3.63, 3.8) is 0 Å². The van der Waals surface area contributed by atoms with E-state index in [-0.39, 0.29) is 5.97 Å². The summed E-state index contributed by atoms with van der Waals surface area (Å²) in [5.74, 6) is -0.350. The van der Waals surface area contributed by atoms with E-state index in [0.29, 0.717) is 11.3 Å². The van der Waals surface area contributed by atoms with Crippen LogP contribution >= 0.6 is 0 Å². The number of carbonyl (C=O) groups is 1. The molecule has 0 bridgehead atoms. The van der Waals surface area contributed by atoms with Gasteiger partial charge in [0.05, 0.1) is 5.56 Å². The Morgan fingerprint density at radius 2 is 1.67 bits per heavy atom. The van der Waals surface area contributed by atoms with Crippen LogP contribution in [0.25, 0.3) is 11.1 Å². The first-order valence-corrected chi connectivity index (χ1v) is 6.66. The van der Waals surface area contributed by atoms with Crippen molar-refractivity contribution < 1.29 is 9.53 Å². The summed E-state index contributed by atoms with van der Waals surface area (Å²) in [6.07, 6.45) is 0. The third-order valence-corrected chi connectivity index (χ3v) is 2.80. The van der Waals surface area contributed by atoms with Crippen LogP contribution in [-0.4, -0.2) is 11.6 Å². The monoisotopic (exact) mass is 283 g/mol. The van der Waals surface area contributed by atoms with E-state index in [1.54, 1.807) is 30.3 Å². The Morgan fingerprint density at radius 1 is 1.00 bits per heavy atom. The van der Waals surface area contributed by atoms with Crippen molar-refractivity contribution in [2.45, 2.75) is 26.4 Å². The van der Waals surface area contributed by atoms with Gasteiger partial charge in [-0.2, -0.15) is 0 Å². The molecule has 4 nitrogen and oxygen atoms in total. The minimum atomic E-state index is -0.514. The molecule has 2 rings (SSSR count). The molecule has 21 heavy (non-hydrogen) atoms. The molecule has 108 valence electrons. The lowest BCUT2D eigenvalue weighted by molar-refractivity contribution is 0.00696. The maximum Gasteiger partial charge on any atom is 0.338 e. The van der Waals surface area contributed by atoms with Crippen LogP contribution in [0.4, 0.5) is 5.69 Å². The average molecular weight is 283 g/mol. The molecular formula is C17H17NO3. The molecule has 0 aliphatic heterocycles. The Bertz CT molecular complexity index is 654. The van der Waals surface area contributed by atoms with Crippen molar-refractivity contribution in [3.8, 4) is 11.1 Å². The van der Waals surface area contributed by atoms with Crippen molar-refractivity contribution in [1.82, 2.24) is 0 Å². The topological polar surface area (TPSA) is 55.7 Å². The van der Waals surface area contributed by atoms with Gasteiger partial charge in [-0.25, -0.2) is 4.79 Å². The summed E-state index contributed by atoms with van der Waals surface area (Å²) >= 11 is 0. The minimum absolute atomic E-state index is 0.350. The Labute approximate surface area is 123 Å². The van der Waals surface area contributed by atoms with Crippen LogP contribution in [-0.2, 0) is 4.74 Å². The summed E-state index contributed by atoms with van der Waals surface area (Å²) in [4.78, 5) is 22.5. The number of nitrogens with zero attached hydrogens (tertiary/aromatic N) is 1. The number of nitroso groups, excluding NO2 is 1. The molecule has 2 aromatic rings. The van der Waals surface area contributed by atoms with Crippen LogP contribution in [0, 0.1) is 4.91 Å². The van der Waals surface area contributed by atoms with Gasteiger partial charge >= 0.3 is 5.97 Å². The number of rotatable bonds is 3. The molecule has 0 amide bonds. The largest absolute Gasteiger partial charge is 0.456 e. The molecular weight excluding hydrogens is 266 g/mol. The third kappa shape index (κ3) is 3.99. The number of ether oxygens (including phenoxy) is 1. The summed E-state index contributed by atoms with van der Waals surface area (Å²) in [5.41, 5.74) is 2.15. The molecule has 0 unspecified atom stereocenters. The van der Waals surface area contributed by atoms with Crippen LogP contribution < -0.4 is 0 Å². The number of hydrogen-bond donors (Lipinski definition) is 0. The summed E-state index contributed by atoms with van der Waals surface area (Å²) in [5, 5.41) is 2.92. The molecule has 0 spiro atoms. The summed E-state index contributed by atoms with van der Waals surface area (Å²) < 4.78 is 5.31. The quantitative estimate of drug-likeness (QED) is 0.605. The molecule has 0 heterocycles. The molecule has 0 aliphatic carbocycles. The Hall–Kier alpha value is -2.49. The SMILES string of the molecule is CC(C)(C)OC(=O)c1ccc(-c2cccc(N=O)c2)cc1. The van der Waals surface area contributed by atoms with Crippen LogP contribution in [0.2, 0.25) is 0 Å². The van der Waals surface area contributed by atoms with E-state index in [4.69, 9.17) is 4.74 Å². The Morgan fingerprint density at radius 3 is 2.24 bits per heavy atom. The van der Waals surface area contributed by atoms with E-state index in [0.717, 1.165) is 11.1 Å². The van der Waals surface area contributed by atoms with Gasteiger partial charge in [-0.05, 0) is 61.3 Å². The van der Waals surface area contributed by atoms with Gasteiger partial charge in [0.25, 0.3) is 0 Å². The van der Waals surface area contributed by atoms with Gasteiger partial charge in [0.1, 0.15) is 11.3 Å². The molecule has 2 aromatic carbocycles. The van der Waals surface area contributed by atoms with Crippen molar-refractivity contribution in [3.05, 3.63) is 59.0 Å². The molecule has 0 aromatic heterocycles. The maximum atomic E-state index is 11.9. The van der Waals surface area contributed by atoms with Gasteiger partial charge in [-0.3, -0.25) is 0 Å². The fourth-order valence-corrected chi connectivity index (χ4v) is 1.88. The lowest BCUT2D eigenvalue weighted by Crippen LogP contribution is -2.23. The highest BCUT2D eigenvalue weighted by atomic mass is 16.6. The normalized spacial score (nSPS) is 11.0. The highest BCUT2D eigenvalue weighted by Gasteiger charge is 2.17. The zero-order chi connectivity index (χ0) is 15.5. The number of hydrogen-bond acceptors (Lipinski definition) is 4. The molecule has 0 atom stereocenters. The van der Waals surface area contributed by atoms with Gasteiger partial charge in [-0.15, -0.1) is 4.91 Å². The second kappa shape index (κ2) is 5.87. The van der Waals surface area contributed by atoms with E-state index in [2.05, 4.69) is 5.18 Å². The second-order valence-electron chi connectivity index (χ2n) is 5.72. The van der Waals surface area contributed by atoms with Gasteiger partial charge in [0.15, 0.2) is 0 Å². The van der Waals surface area contributed by atoms with E-state index < -0.39 is 5.60 Å². The number of benzene rings is 2. The fourth-order valence-electron chi connectivity index (χ4n) is 1.88.